The summed E-state index contributed by atoms with van der Waals surface area (Å²) in [5, 5.41) is 6.92. The van der Waals surface area contributed by atoms with E-state index in [1.165, 1.54) is 16.3 Å². The van der Waals surface area contributed by atoms with Gasteiger partial charge in [-0.1, -0.05) is 23.9 Å². The SMILES string of the molecule is COc1ccc(-n2c(SCC(=O)N/N=C\c3sccc3C)nc3ccccc3c2=O)cc1. The zero-order chi connectivity index (χ0) is 22.5. The summed E-state index contributed by atoms with van der Waals surface area (Å²) in [7, 11) is 1.58. The first-order valence-electron chi connectivity index (χ1n) is 9.72. The minimum atomic E-state index is -0.288. The monoisotopic (exact) mass is 464 g/mol. The van der Waals surface area contributed by atoms with E-state index in [1.54, 1.807) is 67.1 Å². The van der Waals surface area contributed by atoms with Gasteiger partial charge in [-0.15, -0.1) is 11.3 Å². The van der Waals surface area contributed by atoms with E-state index < -0.39 is 0 Å². The van der Waals surface area contributed by atoms with E-state index in [1.807, 2.05) is 24.4 Å². The first-order chi connectivity index (χ1) is 15.6. The number of thiophene rings is 1. The fourth-order valence-electron chi connectivity index (χ4n) is 3.01. The number of nitrogens with zero attached hydrogens (tertiary/aromatic N) is 3. The third kappa shape index (κ3) is 4.74. The number of aromatic nitrogens is 2. The van der Waals surface area contributed by atoms with E-state index in [4.69, 9.17) is 4.74 Å². The normalized spacial score (nSPS) is 11.2. The first-order valence-corrected chi connectivity index (χ1v) is 11.6. The highest BCUT2D eigenvalue weighted by Gasteiger charge is 2.15. The van der Waals surface area contributed by atoms with Crippen molar-refractivity contribution in [1.82, 2.24) is 15.0 Å². The van der Waals surface area contributed by atoms with E-state index in [-0.39, 0.29) is 17.2 Å². The van der Waals surface area contributed by atoms with E-state index in [0.717, 1.165) is 10.4 Å². The molecule has 4 aromatic rings. The predicted octanol–water partition coefficient (Wildman–Crippen LogP) is 4.01. The Morgan fingerprint density at radius 2 is 2.00 bits per heavy atom. The number of hydrazone groups is 1. The van der Waals surface area contributed by atoms with Crippen LogP contribution < -0.4 is 15.7 Å². The predicted molar refractivity (Wildman–Crippen MR) is 129 cm³/mol. The van der Waals surface area contributed by atoms with Crippen molar-refractivity contribution in [2.45, 2.75) is 12.1 Å². The summed E-state index contributed by atoms with van der Waals surface area (Å²) in [6, 6.07) is 16.3. The number of rotatable bonds is 7. The quantitative estimate of drug-likeness (QED) is 0.193. The van der Waals surface area contributed by atoms with Crippen molar-refractivity contribution < 1.29 is 9.53 Å². The average Bonchev–Trinajstić information content (AvgIpc) is 3.22. The molecule has 0 spiro atoms. The highest BCUT2D eigenvalue weighted by molar-refractivity contribution is 7.99. The van der Waals surface area contributed by atoms with Crippen LogP contribution in [0, 0.1) is 6.92 Å². The summed E-state index contributed by atoms with van der Waals surface area (Å²) < 4.78 is 6.72. The van der Waals surface area contributed by atoms with Gasteiger partial charge in [-0.25, -0.2) is 10.4 Å². The number of aryl methyl sites for hydroxylation is 1. The van der Waals surface area contributed by atoms with Crippen LogP contribution in [0.3, 0.4) is 0 Å². The standard InChI is InChI=1S/C23H20N4O3S2/c1-15-11-12-31-20(15)13-24-26-21(28)14-32-23-25-19-6-4-3-5-18(19)22(29)27(23)16-7-9-17(30-2)10-8-16/h3-13H,14H2,1-2H3,(H,26,28)/b24-13-. The van der Waals surface area contributed by atoms with Crippen molar-refractivity contribution in [3.8, 4) is 11.4 Å². The minimum Gasteiger partial charge on any atom is -0.497 e. The van der Waals surface area contributed by atoms with Gasteiger partial charge in [-0.05, 0) is 60.3 Å². The summed E-state index contributed by atoms with van der Waals surface area (Å²) in [6.07, 6.45) is 1.63. The summed E-state index contributed by atoms with van der Waals surface area (Å²) in [5.74, 6) is 0.453. The Morgan fingerprint density at radius 3 is 2.72 bits per heavy atom. The molecule has 0 saturated heterocycles. The molecule has 0 saturated carbocycles. The molecule has 2 aromatic heterocycles. The van der Waals surface area contributed by atoms with Crippen LogP contribution in [0.5, 0.6) is 5.75 Å². The Labute approximate surface area is 192 Å². The molecule has 9 heteroatoms. The van der Waals surface area contributed by atoms with Gasteiger partial charge < -0.3 is 4.74 Å². The number of hydrogen-bond donors (Lipinski definition) is 1. The van der Waals surface area contributed by atoms with E-state index in [0.29, 0.717) is 27.5 Å². The second kappa shape index (κ2) is 9.80. The molecule has 0 aliphatic heterocycles. The molecule has 1 amide bonds. The Morgan fingerprint density at radius 1 is 1.22 bits per heavy atom. The van der Waals surface area contributed by atoms with Gasteiger partial charge in [0.25, 0.3) is 11.5 Å². The van der Waals surface area contributed by atoms with Gasteiger partial charge in [0.05, 0.1) is 35.7 Å². The highest BCUT2D eigenvalue weighted by Crippen LogP contribution is 2.22. The molecule has 2 aromatic carbocycles. The molecule has 2 heterocycles. The van der Waals surface area contributed by atoms with Gasteiger partial charge in [0.15, 0.2) is 5.16 Å². The van der Waals surface area contributed by atoms with Crippen LogP contribution in [-0.4, -0.2) is 34.5 Å². The van der Waals surface area contributed by atoms with Gasteiger partial charge in [-0.3, -0.25) is 14.2 Å². The van der Waals surface area contributed by atoms with Crippen LogP contribution in [0.25, 0.3) is 16.6 Å². The van der Waals surface area contributed by atoms with Crippen molar-refractivity contribution in [1.29, 1.82) is 0 Å². The number of nitrogens with one attached hydrogen (secondary N) is 1. The molecule has 7 nitrogen and oxygen atoms in total. The first kappa shape index (κ1) is 21.8. The Bertz CT molecular complexity index is 1340. The molecule has 0 atom stereocenters. The molecule has 162 valence electrons. The summed E-state index contributed by atoms with van der Waals surface area (Å²) >= 11 is 2.73. The van der Waals surface area contributed by atoms with E-state index >= 15 is 0 Å². The lowest BCUT2D eigenvalue weighted by Crippen LogP contribution is -2.24. The maximum Gasteiger partial charge on any atom is 0.266 e. The fraction of sp³-hybridized carbons (Fsp3) is 0.130. The Kier molecular flexibility index (Phi) is 6.67. The van der Waals surface area contributed by atoms with Gasteiger partial charge in [0.2, 0.25) is 0 Å². The van der Waals surface area contributed by atoms with Crippen LogP contribution in [0.2, 0.25) is 0 Å². The number of carbonyl (C=O) groups is 1. The number of fused-ring (bicyclic) bond motifs is 1. The molecule has 0 fully saturated rings. The molecule has 1 N–H and O–H groups in total. The Hall–Kier alpha value is -3.43. The lowest BCUT2D eigenvalue weighted by molar-refractivity contribution is -0.118. The molecular formula is C23H20N4O3S2. The maximum atomic E-state index is 13.2. The number of amides is 1. The number of thioether (sulfide) groups is 1. The van der Waals surface area contributed by atoms with Gasteiger partial charge in [0.1, 0.15) is 5.75 Å². The third-order valence-electron chi connectivity index (χ3n) is 4.68. The largest absolute Gasteiger partial charge is 0.497 e. The molecule has 32 heavy (non-hydrogen) atoms. The van der Waals surface area contributed by atoms with Gasteiger partial charge in [0, 0.05) is 4.88 Å². The Balaban J connectivity index is 1.59. The van der Waals surface area contributed by atoms with Crippen molar-refractivity contribution in [3.63, 3.8) is 0 Å². The molecule has 0 radical (unpaired) electrons. The number of ether oxygens (including phenoxy) is 1. The van der Waals surface area contributed by atoms with Crippen LogP contribution in [-0.2, 0) is 4.79 Å². The van der Waals surface area contributed by atoms with Crippen molar-refractivity contribution >= 4 is 46.1 Å². The molecule has 4 rings (SSSR count). The average molecular weight is 465 g/mol. The minimum absolute atomic E-state index is 0.0572. The molecule has 0 aliphatic carbocycles. The molecule has 0 unspecified atom stereocenters. The molecule has 0 aliphatic rings. The third-order valence-corrected chi connectivity index (χ3v) is 6.57. The van der Waals surface area contributed by atoms with Crippen molar-refractivity contribution in [2.75, 3.05) is 12.9 Å². The summed E-state index contributed by atoms with van der Waals surface area (Å²) in [6.45, 7) is 1.99. The number of hydrogen-bond acceptors (Lipinski definition) is 7. The van der Waals surface area contributed by atoms with Gasteiger partial charge >= 0.3 is 0 Å². The fourth-order valence-corrected chi connectivity index (χ4v) is 4.60. The van der Waals surface area contributed by atoms with Crippen LogP contribution in [0.4, 0.5) is 0 Å². The highest BCUT2D eigenvalue weighted by atomic mass is 32.2. The summed E-state index contributed by atoms with van der Waals surface area (Å²) in [5.41, 5.74) is 4.65. The lowest BCUT2D eigenvalue weighted by atomic mass is 10.2. The molecular weight excluding hydrogens is 444 g/mol. The van der Waals surface area contributed by atoms with Crippen LogP contribution in [0.15, 0.2) is 75.0 Å². The van der Waals surface area contributed by atoms with E-state index in [2.05, 4.69) is 15.5 Å². The smallest absolute Gasteiger partial charge is 0.266 e. The van der Waals surface area contributed by atoms with Crippen LogP contribution >= 0.6 is 23.1 Å². The topological polar surface area (TPSA) is 85.6 Å². The second-order valence-corrected chi connectivity index (χ2v) is 8.69. The van der Waals surface area contributed by atoms with Crippen molar-refractivity contribution in [3.05, 3.63) is 80.8 Å². The summed E-state index contributed by atoms with van der Waals surface area (Å²) in [4.78, 5) is 31.2. The van der Waals surface area contributed by atoms with Crippen LogP contribution in [0.1, 0.15) is 10.4 Å². The molecule has 0 bridgehead atoms. The lowest BCUT2D eigenvalue weighted by Gasteiger charge is -2.13. The van der Waals surface area contributed by atoms with Gasteiger partial charge in [-0.2, -0.15) is 5.10 Å². The zero-order valence-electron chi connectivity index (χ0n) is 17.4. The second-order valence-electron chi connectivity index (χ2n) is 6.80. The number of benzene rings is 2. The van der Waals surface area contributed by atoms with Crippen molar-refractivity contribution in [2.24, 2.45) is 5.10 Å². The zero-order valence-corrected chi connectivity index (χ0v) is 19.1. The maximum absolute atomic E-state index is 13.2. The van der Waals surface area contributed by atoms with E-state index in [9.17, 15) is 9.59 Å². The number of methoxy groups -OCH3 is 1. The number of carbonyl (C=O) groups excluding carboxylic acids is 1. The number of para-hydroxylation sites is 1.